The first kappa shape index (κ1) is 20.6. The molecular formula is C21H21N3O4S. The van der Waals surface area contributed by atoms with E-state index in [2.05, 4.69) is 15.3 Å². The van der Waals surface area contributed by atoms with Gasteiger partial charge in [-0.15, -0.1) is 0 Å². The predicted molar refractivity (Wildman–Crippen MR) is 112 cm³/mol. The maximum atomic E-state index is 12.5. The number of amides is 1. The summed E-state index contributed by atoms with van der Waals surface area (Å²) < 4.78 is 10.6. The number of thioether (sulfide) groups is 1. The second kappa shape index (κ2) is 8.91. The van der Waals surface area contributed by atoms with Crippen molar-refractivity contribution in [3.63, 3.8) is 0 Å². The van der Waals surface area contributed by atoms with Gasteiger partial charge in [-0.1, -0.05) is 17.8 Å². The van der Waals surface area contributed by atoms with Gasteiger partial charge in [0.15, 0.2) is 17.4 Å². The Hall–Kier alpha value is -3.13. The number of ketones is 1. The standard InChI is InChI=1S/C21H21N3O4S/c1-12-7-8-16(27-4)15(10-12)23-18(26)11-29-21-19(14(3)25)13(2)22-20(24-21)17-6-5-9-28-17/h5-10H,11H2,1-4H3,(H,23,26). The van der Waals surface area contributed by atoms with Gasteiger partial charge >= 0.3 is 0 Å². The molecule has 8 heteroatoms. The highest BCUT2D eigenvalue weighted by atomic mass is 32.2. The SMILES string of the molecule is COc1ccc(C)cc1NC(=O)CSc1nc(-c2ccco2)nc(C)c1C(C)=O. The van der Waals surface area contributed by atoms with Crippen LogP contribution in [0, 0.1) is 13.8 Å². The van der Waals surface area contributed by atoms with Gasteiger partial charge in [-0.2, -0.15) is 0 Å². The average molecular weight is 411 g/mol. The van der Waals surface area contributed by atoms with Gasteiger partial charge in [0.25, 0.3) is 0 Å². The van der Waals surface area contributed by atoms with Crippen LogP contribution in [0.5, 0.6) is 5.75 Å². The monoisotopic (exact) mass is 411 g/mol. The second-order valence-electron chi connectivity index (χ2n) is 6.39. The molecule has 0 atom stereocenters. The number of nitrogens with zero attached hydrogens (tertiary/aromatic N) is 2. The summed E-state index contributed by atoms with van der Waals surface area (Å²) in [6, 6.07) is 9.03. The molecule has 0 saturated carbocycles. The van der Waals surface area contributed by atoms with Gasteiger partial charge in [0, 0.05) is 0 Å². The maximum absolute atomic E-state index is 12.5. The molecule has 0 fully saturated rings. The number of ether oxygens (including phenoxy) is 1. The number of methoxy groups -OCH3 is 1. The van der Waals surface area contributed by atoms with Crippen molar-refractivity contribution in [2.75, 3.05) is 18.2 Å². The minimum Gasteiger partial charge on any atom is -0.495 e. The minimum absolute atomic E-state index is 0.0748. The number of Topliss-reactive ketones (excluding diaryl/α,β-unsaturated/α-hetero) is 1. The molecule has 2 aromatic heterocycles. The van der Waals surface area contributed by atoms with Crippen molar-refractivity contribution < 1.29 is 18.7 Å². The molecule has 1 amide bonds. The van der Waals surface area contributed by atoms with Crippen molar-refractivity contribution in [1.82, 2.24) is 9.97 Å². The van der Waals surface area contributed by atoms with Crippen molar-refractivity contribution in [1.29, 1.82) is 0 Å². The first-order valence-electron chi connectivity index (χ1n) is 8.89. The van der Waals surface area contributed by atoms with E-state index in [0.717, 1.165) is 5.56 Å². The van der Waals surface area contributed by atoms with Gasteiger partial charge < -0.3 is 14.5 Å². The third kappa shape index (κ3) is 4.83. The van der Waals surface area contributed by atoms with Crippen molar-refractivity contribution in [2.24, 2.45) is 0 Å². The summed E-state index contributed by atoms with van der Waals surface area (Å²) >= 11 is 1.18. The molecule has 1 N–H and O–H groups in total. The summed E-state index contributed by atoms with van der Waals surface area (Å²) in [7, 11) is 1.55. The molecule has 0 aliphatic heterocycles. The number of furan rings is 1. The number of aromatic nitrogens is 2. The normalized spacial score (nSPS) is 10.6. The Morgan fingerprint density at radius 2 is 2.00 bits per heavy atom. The molecule has 1 aromatic carbocycles. The number of carbonyl (C=O) groups is 2. The van der Waals surface area contributed by atoms with Crippen LogP contribution in [0.25, 0.3) is 11.6 Å². The molecular weight excluding hydrogens is 390 g/mol. The molecule has 0 spiro atoms. The quantitative estimate of drug-likeness (QED) is 0.352. The topological polar surface area (TPSA) is 94.3 Å². The van der Waals surface area contributed by atoms with Crippen molar-refractivity contribution >= 4 is 29.1 Å². The van der Waals surface area contributed by atoms with Crippen molar-refractivity contribution in [3.8, 4) is 17.3 Å². The van der Waals surface area contributed by atoms with Crippen molar-refractivity contribution in [3.05, 3.63) is 53.4 Å². The number of anilines is 1. The highest BCUT2D eigenvalue weighted by Gasteiger charge is 2.19. The van der Waals surface area contributed by atoms with E-state index in [1.165, 1.54) is 24.9 Å². The number of hydrogen-bond donors (Lipinski definition) is 1. The lowest BCUT2D eigenvalue weighted by Gasteiger charge is -2.12. The molecule has 0 aliphatic carbocycles. The van der Waals surface area contributed by atoms with Crippen LogP contribution in [0.1, 0.15) is 28.5 Å². The molecule has 7 nitrogen and oxygen atoms in total. The molecule has 0 bridgehead atoms. The van der Waals surface area contributed by atoms with E-state index < -0.39 is 0 Å². The summed E-state index contributed by atoms with van der Waals surface area (Å²) in [4.78, 5) is 33.4. The zero-order valence-electron chi connectivity index (χ0n) is 16.6. The fourth-order valence-corrected chi connectivity index (χ4v) is 3.74. The van der Waals surface area contributed by atoms with Gasteiger partial charge in [0.1, 0.15) is 10.8 Å². The smallest absolute Gasteiger partial charge is 0.234 e. The van der Waals surface area contributed by atoms with Gasteiger partial charge in [0.05, 0.1) is 36.1 Å². The molecule has 0 unspecified atom stereocenters. The molecule has 3 aromatic rings. The lowest BCUT2D eigenvalue weighted by Crippen LogP contribution is -2.16. The fourth-order valence-electron chi connectivity index (χ4n) is 2.81. The van der Waals surface area contributed by atoms with Gasteiger partial charge in [-0.05, 0) is 50.6 Å². The molecule has 29 heavy (non-hydrogen) atoms. The first-order chi connectivity index (χ1) is 13.9. The van der Waals surface area contributed by atoms with E-state index in [9.17, 15) is 9.59 Å². The van der Waals surface area contributed by atoms with Crippen LogP contribution in [0.2, 0.25) is 0 Å². The number of aryl methyl sites for hydroxylation is 2. The summed E-state index contributed by atoms with van der Waals surface area (Å²) in [5.41, 5.74) is 2.55. The fraction of sp³-hybridized carbons (Fsp3) is 0.238. The highest BCUT2D eigenvalue weighted by Crippen LogP contribution is 2.28. The molecule has 150 valence electrons. The van der Waals surface area contributed by atoms with E-state index in [4.69, 9.17) is 9.15 Å². The molecule has 0 saturated heterocycles. The summed E-state index contributed by atoms with van der Waals surface area (Å²) in [5.74, 6) is 1.14. The molecule has 0 radical (unpaired) electrons. The Morgan fingerprint density at radius 1 is 1.21 bits per heavy atom. The maximum Gasteiger partial charge on any atom is 0.234 e. The highest BCUT2D eigenvalue weighted by molar-refractivity contribution is 8.00. The third-order valence-electron chi connectivity index (χ3n) is 4.12. The second-order valence-corrected chi connectivity index (χ2v) is 7.35. The number of rotatable bonds is 7. The molecule has 0 aliphatic rings. The van der Waals surface area contributed by atoms with E-state index in [0.29, 0.717) is 39.3 Å². The lowest BCUT2D eigenvalue weighted by atomic mass is 10.2. The van der Waals surface area contributed by atoms with Crippen LogP contribution in [0.4, 0.5) is 5.69 Å². The third-order valence-corrected chi connectivity index (χ3v) is 5.09. The predicted octanol–water partition coefficient (Wildman–Crippen LogP) is 4.30. The van der Waals surface area contributed by atoms with Crippen LogP contribution < -0.4 is 10.1 Å². The average Bonchev–Trinajstić information content (AvgIpc) is 3.20. The van der Waals surface area contributed by atoms with Crippen LogP contribution >= 0.6 is 11.8 Å². The minimum atomic E-state index is -0.232. The number of nitrogens with one attached hydrogen (secondary N) is 1. The van der Waals surface area contributed by atoms with E-state index in [1.54, 1.807) is 32.2 Å². The van der Waals surface area contributed by atoms with Gasteiger partial charge in [-0.25, -0.2) is 9.97 Å². The number of hydrogen-bond acceptors (Lipinski definition) is 7. The Kier molecular flexibility index (Phi) is 6.33. The lowest BCUT2D eigenvalue weighted by molar-refractivity contribution is -0.113. The van der Waals surface area contributed by atoms with Crippen LogP contribution in [0.15, 0.2) is 46.0 Å². The van der Waals surface area contributed by atoms with Crippen LogP contribution in [-0.2, 0) is 4.79 Å². The summed E-state index contributed by atoms with van der Waals surface area (Å²) in [6.07, 6.45) is 1.53. The van der Waals surface area contributed by atoms with Crippen LogP contribution in [-0.4, -0.2) is 34.5 Å². The Labute approximate surface area is 172 Å². The zero-order valence-corrected chi connectivity index (χ0v) is 17.4. The van der Waals surface area contributed by atoms with Gasteiger partial charge in [-0.3, -0.25) is 9.59 Å². The largest absolute Gasteiger partial charge is 0.495 e. The molecule has 2 heterocycles. The zero-order chi connectivity index (χ0) is 21.0. The van der Waals surface area contributed by atoms with Gasteiger partial charge in [0.2, 0.25) is 5.91 Å². The van der Waals surface area contributed by atoms with Crippen molar-refractivity contribution in [2.45, 2.75) is 25.8 Å². The van der Waals surface area contributed by atoms with E-state index in [1.807, 2.05) is 19.1 Å². The van der Waals surface area contributed by atoms with E-state index in [-0.39, 0.29) is 17.4 Å². The van der Waals surface area contributed by atoms with Crippen LogP contribution in [0.3, 0.4) is 0 Å². The number of carbonyl (C=O) groups excluding carboxylic acids is 2. The Balaban J connectivity index is 1.81. The Morgan fingerprint density at radius 3 is 2.66 bits per heavy atom. The summed E-state index contributed by atoms with van der Waals surface area (Å²) in [5, 5.41) is 3.29. The summed E-state index contributed by atoms with van der Waals surface area (Å²) in [6.45, 7) is 5.13. The van der Waals surface area contributed by atoms with E-state index >= 15 is 0 Å². The Bertz CT molecular complexity index is 1050. The number of benzene rings is 1. The molecule has 3 rings (SSSR count). The first-order valence-corrected chi connectivity index (χ1v) is 9.88.